The second-order valence-electron chi connectivity index (χ2n) is 9.06. The summed E-state index contributed by atoms with van der Waals surface area (Å²) in [5.41, 5.74) is 1.36. The van der Waals surface area contributed by atoms with Crippen molar-refractivity contribution in [3.05, 3.63) is 35.9 Å². The second-order valence-corrected chi connectivity index (χ2v) is 11.8. The summed E-state index contributed by atoms with van der Waals surface area (Å²) in [5, 5.41) is 3.37. The zero-order valence-electron chi connectivity index (χ0n) is 18.7. The van der Waals surface area contributed by atoms with Gasteiger partial charge < -0.3 is 10.2 Å². The van der Waals surface area contributed by atoms with Gasteiger partial charge >= 0.3 is 0 Å². The molecular formula is C22H37IN4O2S. The molecule has 1 aromatic rings. The fourth-order valence-corrected chi connectivity index (χ4v) is 5.72. The number of sulfone groups is 1. The number of likely N-dealkylation sites (tertiary alicyclic amines) is 1. The normalized spacial score (nSPS) is 26.3. The van der Waals surface area contributed by atoms with Gasteiger partial charge in [-0.2, -0.15) is 0 Å². The predicted molar refractivity (Wildman–Crippen MR) is 135 cm³/mol. The molecule has 0 radical (unpaired) electrons. The van der Waals surface area contributed by atoms with E-state index in [1.807, 2.05) is 13.8 Å². The molecule has 3 rings (SSSR count). The second kappa shape index (κ2) is 10.6. The number of guanidine groups is 1. The van der Waals surface area contributed by atoms with Gasteiger partial charge in [0.2, 0.25) is 0 Å². The molecule has 2 unspecified atom stereocenters. The first-order valence-corrected chi connectivity index (χ1v) is 12.4. The van der Waals surface area contributed by atoms with Crippen LogP contribution in [0.4, 0.5) is 0 Å². The van der Waals surface area contributed by atoms with E-state index >= 15 is 0 Å². The lowest BCUT2D eigenvalue weighted by atomic mass is 10.1. The number of nitrogens with zero attached hydrogens (tertiary/aromatic N) is 3. The van der Waals surface area contributed by atoms with Crippen molar-refractivity contribution in [1.29, 1.82) is 0 Å². The molecule has 8 heteroatoms. The van der Waals surface area contributed by atoms with Gasteiger partial charge in [0.05, 0.1) is 10.5 Å². The van der Waals surface area contributed by atoms with Crippen LogP contribution in [0.3, 0.4) is 0 Å². The summed E-state index contributed by atoms with van der Waals surface area (Å²) in [6.07, 6.45) is 1.15. The highest BCUT2D eigenvalue weighted by Gasteiger charge is 2.41. The molecule has 2 atom stereocenters. The van der Waals surface area contributed by atoms with Gasteiger partial charge in [-0.15, -0.1) is 24.0 Å². The summed E-state index contributed by atoms with van der Waals surface area (Å²) in [7, 11) is -3.05. The van der Waals surface area contributed by atoms with Gasteiger partial charge in [0.15, 0.2) is 15.8 Å². The monoisotopic (exact) mass is 548 g/mol. The van der Waals surface area contributed by atoms with Crippen molar-refractivity contribution in [3.8, 4) is 0 Å². The van der Waals surface area contributed by atoms with Crippen molar-refractivity contribution >= 4 is 39.8 Å². The molecular weight excluding hydrogens is 511 g/mol. The Kier molecular flexibility index (Phi) is 9.00. The average Bonchev–Trinajstić information content (AvgIpc) is 3.01. The molecule has 0 aliphatic carbocycles. The van der Waals surface area contributed by atoms with E-state index in [4.69, 9.17) is 4.99 Å². The number of hydrogen-bond donors (Lipinski definition) is 1. The van der Waals surface area contributed by atoms with Crippen LogP contribution in [0.5, 0.6) is 0 Å². The molecule has 30 heavy (non-hydrogen) atoms. The number of hydrogen-bond acceptors (Lipinski definition) is 4. The number of benzene rings is 1. The zero-order valence-corrected chi connectivity index (χ0v) is 21.8. The molecule has 1 aromatic carbocycles. The van der Waals surface area contributed by atoms with Gasteiger partial charge in [-0.25, -0.2) is 8.42 Å². The van der Waals surface area contributed by atoms with Crippen molar-refractivity contribution in [2.24, 2.45) is 10.9 Å². The molecule has 2 saturated heterocycles. The summed E-state index contributed by atoms with van der Waals surface area (Å²) in [6.45, 7) is 12.6. The third-order valence-electron chi connectivity index (χ3n) is 6.20. The van der Waals surface area contributed by atoms with Crippen LogP contribution in [0.2, 0.25) is 0 Å². The van der Waals surface area contributed by atoms with E-state index in [2.05, 4.69) is 59.3 Å². The zero-order chi connectivity index (χ0) is 21.1. The van der Waals surface area contributed by atoms with Crippen molar-refractivity contribution in [3.63, 3.8) is 0 Å². The van der Waals surface area contributed by atoms with Crippen LogP contribution in [-0.4, -0.2) is 73.4 Å². The minimum absolute atomic E-state index is 0. The first-order valence-electron chi connectivity index (χ1n) is 10.8. The minimum atomic E-state index is -3.05. The van der Waals surface area contributed by atoms with Gasteiger partial charge in [0.1, 0.15) is 0 Å². The quantitative estimate of drug-likeness (QED) is 0.348. The highest BCUT2D eigenvalue weighted by Crippen LogP contribution is 2.26. The Labute approximate surface area is 199 Å². The van der Waals surface area contributed by atoms with Gasteiger partial charge in [-0.3, -0.25) is 9.89 Å². The van der Waals surface area contributed by atoms with Crippen molar-refractivity contribution in [1.82, 2.24) is 15.1 Å². The van der Waals surface area contributed by atoms with E-state index in [1.165, 1.54) is 5.56 Å². The minimum Gasteiger partial charge on any atom is -0.357 e. The maximum Gasteiger partial charge on any atom is 0.194 e. The topological polar surface area (TPSA) is 65.0 Å². The molecule has 0 spiro atoms. The molecule has 0 aromatic heterocycles. The Hall–Kier alpha value is -0.870. The lowest BCUT2D eigenvalue weighted by Gasteiger charge is -2.39. The maximum atomic E-state index is 12.3. The average molecular weight is 549 g/mol. The molecule has 170 valence electrons. The predicted octanol–water partition coefficient (Wildman–Crippen LogP) is 2.99. The number of aliphatic imine (C=N–C) groups is 1. The van der Waals surface area contributed by atoms with Gasteiger partial charge in [-0.05, 0) is 45.6 Å². The lowest BCUT2D eigenvalue weighted by molar-refractivity contribution is 0.256. The van der Waals surface area contributed by atoms with E-state index in [1.54, 1.807) is 0 Å². The third-order valence-corrected chi connectivity index (χ3v) is 8.73. The van der Waals surface area contributed by atoms with Gasteiger partial charge in [-0.1, -0.05) is 30.3 Å². The number of halogens is 1. The van der Waals surface area contributed by atoms with Crippen LogP contribution in [0.25, 0.3) is 0 Å². The standard InChI is InChI=1S/C22H36N4O2S.HI/c1-5-23-21(25-11-12-29(27,28)22(3,4)17-25)24-14-20-13-18(2)26(16-20)15-19-9-7-6-8-10-19;/h6-10,18,20H,5,11-17H2,1-4H3,(H,23,24);1H. The Bertz CT molecular complexity index is 814. The Morgan fingerprint density at radius 1 is 1.27 bits per heavy atom. The van der Waals surface area contributed by atoms with Crippen LogP contribution in [-0.2, 0) is 16.4 Å². The fraction of sp³-hybridized carbons (Fsp3) is 0.682. The van der Waals surface area contributed by atoms with Crippen LogP contribution < -0.4 is 5.32 Å². The van der Waals surface area contributed by atoms with E-state index in [0.717, 1.165) is 38.6 Å². The maximum absolute atomic E-state index is 12.3. The Morgan fingerprint density at radius 3 is 2.60 bits per heavy atom. The van der Waals surface area contributed by atoms with E-state index in [-0.39, 0.29) is 29.7 Å². The molecule has 2 aliphatic rings. The summed E-state index contributed by atoms with van der Waals surface area (Å²) < 4.78 is 23.9. The molecule has 2 fully saturated rings. The highest BCUT2D eigenvalue weighted by atomic mass is 127. The largest absolute Gasteiger partial charge is 0.357 e. The van der Waals surface area contributed by atoms with Crippen LogP contribution in [0.1, 0.15) is 39.7 Å². The number of rotatable bonds is 5. The third kappa shape index (κ3) is 6.09. The molecule has 0 saturated carbocycles. The highest BCUT2D eigenvalue weighted by molar-refractivity contribution is 14.0. The smallest absolute Gasteiger partial charge is 0.194 e. The first-order chi connectivity index (χ1) is 13.7. The fourth-order valence-electron chi connectivity index (χ4n) is 4.35. The Balaban J connectivity index is 0.00000320. The molecule has 1 N–H and O–H groups in total. The first kappa shape index (κ1) is 25.4. The summed E-state index contributed by atoms with van der Waals surface area (Å²) in [4.78, 5) is 9.57. The number of nitrogens with one attached hydrogen (secondary N) is 1. The SMILES string of the molecule is CCNC(=NCC1CC(C)N(Cc2ccccc2)C1)N1CCS(=O)(=O)C(C)(C)C1.I. The molecule has 0 amide bonds. The molecule has 2 heterocycles. The van der Waals surface area contributed by atoms with E-state index in [0.29, 0.717) is 25.0 Å². The van der Waals surface area contributed by atoms with Crippen molar-refractivity contribution in [2.75, 3.05) is 38.5 Å². The van der Waals surface area contributed by atoms with Crippen molar-refractivity contribution < 1.29 is 8.42 Å². The van der Waals surface area contributed by atoms with Crippen LogP contribution >= 0.6 is 24.0 Å². The molecule has 6 nitrogen and oxygen atoms in total. The summed E-state index contributed by atoms with van der Waals surface area (Å²) in [5.74, 6) is 1.57. The molecule has 0 bridgehead atoms. The van der Waals surface area contributed by atoms with Gasteiger partial charge in [0.25, 0.3) is 0 Å². The summed E-state index contributed by atoms with van der Waals surface area (Å²) in [6, 6.07) is 11.2. The van der Waals surface area contributed by atoms with E-state index in [9.17, 15) is 8.42 Å². The Morgan fingerprint density at radius 2 is 1.97 bits per heavy atom. The van der Waals surface area contributed by atoms with Crippen molar-refractivity contribution in [2.45, 2.75) is 51.4 Å². The van der Waals surface area contributed by atoms with Crippen LogP contribution in [0.15, 0.2) is 35.3 Å². The summed E-state index contributed by atoms with van der Waals surface area (Å²) >= 11 is 0. The van der Waals surface area contributed by atoms with Gasteiger partial charge in [0, 0.05) is 45.3 Å². The lowest BCUT2D eigenvalue weighted by Crippen LogP contribution is -2.57. The molecule has 2 aliphatic heterocycles. The van der Waals surface area contributed by atoms with E-state index < -0.39 is 14.6 Å². The van der Waals surface area contributed by atoms with Crippen LogP contribution in [0, 0.1) is 5.92 Å².